The van der Waals surface area contributed by atoms with Crippen LogP contribution in [0.5, 0.6) is 0 Å². The van der Waals surface area contributed by atoms with Crippen molar-refractivity contribution in [1.29, 1.82) is 0 Å². The van der Waals surface area contributed by atoms with Gasteiger partial charge in [0.15, 0.2) is 0 Å². The molecular formula is C17H10ClN3OS. The van der Waals surface area contributed by atoms with E-state index < -0.39 is 0 Å². The van der Waals surface area contributed by atoms with Gasteiger partial charge in [0.1, 0.15) is 11.0 Å². The predicted octanol–water partition coefficient (Wildman–Crippen LogP) is 4.15. The van der Waals surface area contributed by atoms with Crippen LogP contribution in [0.4, 0.5) is 0 Å². The van der Waals surface area contributed by atoms with Gasteiger partial charge < -0.3 is 0 Å². The summed E-state index contributed by atoms with van der Waals surface area (Å²) in [6.07, 6.45) is 3.06. The second kappa shape index (κ2) is 5.61. The van der Waals surface area contributed by atoms with Gasteiger partial charge in [-0.2, -0.15) is 9.78 Å². The van der Waals surface area contributed by atoms with Crippen LogP contribution >= 0.6 is 22.9 Å². The second-order valence-electron chi connectivity index (χ2n) is 4.97. The molecule has 0 fully saturated rings. The third-order valence-electron chi connectivity index (χ3n) is 3.47. The van der Waals surface area contributed by atoms with E-state index in [4.69, 9.17) is 11.6 Å². The van der Waals surface area contributed by atoms with Gasteiger partial charge in [-0.3, -0.25) is 4.79 Å². The van der Waals surface area contributed by atoms with Gasteiger partial charge in [-0.25, -0.2) is 4.98 Å². The zero-order valence-corrected chi connectivity index (χ0v) is 13.4. The quantitative estimate of drug-likeness (QED) is 0.515. The summed E-state index contributed by atoms with van der Waals surface area (Å²) in [5.74, 6) is 0. The van der Waals surface area contributed by atoms with Crippen LogP contribution in [0.2, 0.25) is 5.02 Å². The van der Waals surface area contributed by atoms with Gasteiger partial charge in [0.25, 0.3) is 5.56 Å². The van der Waals surface area contributed by atoms with E-state index in [1.165, 1.54) is 22.3 Å². The molecule has 2 aromatic carbocycles. The maximum absolute atomic E-state index is 12.6. The second-order valence-corrected chi connectivity index (χ2v) is 6.45. The molecule has 0 saturated carbocycles. The maximum Gasteiger partial charge on any atom is 0.291 e. The fourth-order valence-electron chi connectivity index (χ4n) is 2.33. The van der Waals surface area contributed by atoms with Crippen molar-refractivity contribution in [3.05, 3.63) is 75.8 Å². The van der Waals surface area contributed by atoms with Crippen LogP contribution in [-0.4, -0.2) is 15.9 Å². The van der Waals surface area contributed by atoms with Crippen molar-refractivity contribution in [2.24, 2.45) is 5.10 Å². The Morgan fingerprint density at radius 2 is 1.91 bits per heavy atom. The first-order valence-electron chi connectivity index (χ1n) is 6.91. The molecule has 4 rings (SSSR count). The number of halogens is 1. The van der Waals surface area contributed by atoms with Crippen molar-refractivity contribution >= 4 is 49.5 Å². The number of hydrogen-bond acceptors (Lipinski definition) is 4. The first-order valence-corrected chi connectivity index (χ1v) is 8.11. The highest BCUT2D eigenvalue weighted by Crippen LogP contribution is 2.29. The topological polar surface area (TPSA) is 47.2 Å². The molecule has 0 spiro atoms. The summed E-state index contributed by atoms with van der Waals surface area (Å²) in [6, 6.07) is 15.1. The van der Waals surface area contributed by atoms with E-state index in [-0.39, 0.29) is 5.56 Å². The largest absolute Gasteiger partial charge is 0.291 e. The zero-order valence-electron chi connectivity index (χ0n) is 11.8. The van der Waals surface area contributed by atoms with Gasteiger partial charge in [-0.1, -0.05) is 41.9 Å². The number of nitrogens with zero attached hydrogens (tertiary/aromatic N) is 3. The lowest BCUT2D eigenvalue weighted by Crippen LogP contribution is -2.15. The average Bonchev–Trinajstić information content (AvgIpc) is 2.95. The summed E-state index contributed by atoms with van der Waals surface area (Å²) in [6.45, 7) is 0. The van der Waals surface area contributed by atoms with E-state index >= 15 is 0 Å². The standard InChI is InChI=1S/C17H10ClN3OS/c18-12-7-5-11(6-8-12)9-20-21-10-19-15-13-3-1-2-4-14(13)23-16(15)17(21)22/h1-10H/b20-9+. The molecule has 6 heteroatoms. The third kappa shape index (κ3) is 2.54. The molecule has 112 valence electrons. The SMILES string of the molecule is O=c1c2sc3ccccc3c2ncn1/N=C/c1ccc(Cl)cc1. The molecule has 0 aliphatic rings. The Morgan fingerprint density at radius 1 is 1.13 bits per heavy atom. The van der Waals surface area contributed by atoms with Crippen LogP contribution < -0.4 is 5.56 Å². The minimum Gasteiger partial charge on any atom is -0.266 e. The summed E-state index contributed by atoms with van der Waals surface area (Å²) < 4.78 is 2.92. The fourth-order valence-corrected chi connectivity index (χ4v) is 3.54. The van der Waals surface area contributed by atoms with Gasteiger partial charge in [-0.15, -0.1) is 11.3 Å². The summed E-state index contributed by atoms with van der Waals surface area (Å²) in [7, 11) is 0. The third-order valence-corrected chi connectivity index (χ3v) is 4.87. The van der Waals surface area contributed by atoms with E-state index in [0.717, 1.165) is 21.2 Å². The molecule has 2 heterocycles. The molecule has 0 bridgehead atoms. The minimum absolute atomic E-state index is 0.165. The smallest absolute Gasteiger partial charge is 0.266 e. The first-order chi connectivity index (χ1) is 11.2. The summed E-state index contributed by atoms with van der Waals surface area (Å²) in [4.78, 5) is 17.0. The average molecular weight is 340 g/mol. The lowest BCUT2D eigenvalue weighted by molar-refractivity contribution is 0.819. The van der Waals surface area contributed by atoms with Gasteiger partial charge in [-0.05, 0) is 23.8 Å². The number of benzene rings is 2. The highest BCUT2D eigenvalue weighted by atomic mass is 35.5. The van der Waals surface area contributed by atoms with Gasteiger partial charge in [0.2, 0.25) is 0 Å². The molecule has 0 N–H and O–H groups in total. The van der Waals surface area contributed by atoms with Crippen molar-refractivity contribution < 1.29 is 0 Å². The summed E-state index contributed by atoms with van der Waals surface area (Å²) in [5, 5.41) is 5.86. The van der Waals surface area contributed by atoms with Gasteiger partial charge in [0.05, 0.1) is 11.7 Å². The Balaban J connectivity index is 1.82. The van der Waals surface area contributed by atoms with E-state index in [1.807, 2.05) is 36.4 Å². The fraction of sp³-hybridized carbons (Fsp3) is 0. The minimum atomic E-state index is -0.165. The highest BCUT2D eigenvalue weighted by molar-refractivity contribution is 7.25. The van der Waals surface area contributed by atoms with E-state index in [1.54, 1.807) is 18.3 Å². The van der Waals surface area contributed by atoms with Crippen LogP contribution in [0, 0.1) is 0 Å². The van der Waals surface area contributed by atoms with Crippen molar-refractivity contribution in [3.8, 4) is 0 Å². The Bertz CT molecular complexity index is 1100. The molecule has 0 amide bonds. The van der Waals surface area contributed by atoms with Gasteiger partial charge >= 0.3 is 0 Å². The van der Waals surface area contributed by atoms with Crippen molar-refractivity contribution in [1.82, 2.24) is 9.66 Å². The lowest BCUT2D eigenvalue weighted by atomic mass is 10.2. The van der Waals surface area contributed by atoms with Gasteiger partial charge in [0, 0.05) is 15.1 Å². The lowest BCUT2D eigenvalue weighted by Gasteiger charge is -1.98. The normalized spacial score (nSPS) is 11.7. The van der Waals surface area contributed by atoms with E-state index in [0.29, 0.717) is 9.72 Å². The Hall–Kier alpha value is -2.50. The zero-order chi connectivity index (χ0) is 15.8. The molecule has 0 radical (unpaired) electrons. The summed E-state index contributed by atoms with van der Waals surface area (Å²) in [5.41, 5.74) is 1.42. The predicted molar refractivity (Wildman–Crippen MR) is 95.8 cm³/mol. The van der Waals surface area contributed by atoms with E-state index in [9.17, 15) is 4.79 Å². The molecule has 4 aromatic rings. The van der Waals surface area contributed by atoms with Crippen molar-refractivity contribution in [2.45, 2.75) is 0 Å². The first kappa shape index (κ1) is 14.1. The molecule has 23 heavy (non-hydrogen) atoms. The number of aromatic nitrogens is 2. The Kier molecular flexibility index (Phi) is 3.44. The number of rotatable bonds is 2. The molecule has 0 atom stereocenters. The molecule has 0 unspecified atom stereocenters. The highest BCUT2D eigenvalue weighted by Gasteiger charge is 2.10. The maximum atomic E-state index is 12.6. The van der Waals surface area contributed by atoms with Crippen LogP contribution in [0.25, 0.3) is 20.3 Å². The molecule has 0 saturated heterocycles. The van der Waals surface area contributed by atoms with Crippen LogP contribution in [0.15, 0.2) is 64.8 Å². The number of fused-ring (bicyclic) bond motifs is 3. The summed E-state index contributed by atoms with van der Waals surface area (Å²) >= 11 is 7.29. The van der Waals surface area contributed by atoms with Crippen LogP contribution in [0.1, 0.15) is 5.56 Å². The monoisotopic (exact) mass is 339 g/mol. The van der Waals surface area contributed by atoms with Crippen molar-refractivity contribution in [2.75, 3.05) is 0 Å². The molecule has 2 aromatic heterocycles. The van der Waals surface area contributed by atoms with Crippen molar-refractivity contribution in [3.63, 3.8) is 0 Å². The molecule has 0 aliphatic carbocycles. The molecule has 4 nitrogen and oxygen atoms in total. The van der Waals surface area contributed by atoms with E-state index in [2.05, 4.69) is 10.1 Å². The molecular weight excluding hydrogens is 330 g/mol. The number of thiophene rings is 1. The van der Waals surface area contributed by atoms with Crippen LogP contribution in [0.3, 0.4) is 0 Å². The Labute approximate surface area is 140 Å². The molecule has 0 aliphatic heterocycles. The van der Waals surface area contributed by atoms with Crippen LogP contribution in [-0.2, 0) is 0 Å². The number of hydrogen-bond donors (Lipinski definition) is 0. The Morgan fingerprint density at radius 3 is 2.74 bits per heavy atom.